The third-order valence-corrected chi connectivity index (χ3v) is 5.55. The van der Waals surface area contributed by atoms with Gasteiger partial charge in [0, 0.05) is 25.8 Å². The number of carbonyl (C=O) groups is 2. The molecular weight excluding hydrogens is 364 g/mol. The molecule has 0 atom stereocenters. The van der Waals surface area contributed by atoms with E-state index >= 15 is 0 Å². The average Bonchev–Trinajstić information content (AvgIpc) is 3.11. The van der Waals surface area contributed by atoms with Gasteiger partial charge in [0.1, 0.15) is 5.69 Å². The van der Waals surface area contributed by atoms with E-state index in [1.54, 1.807) is 4.90 Å². The lowest BCUT2D eigenvalue weighted by Crippen LogP contribution is -2.29. The van der Waals surface area contributed by atoms with Gasteiger partial charge >= 0.3 is 0 Å². The van der Waals surface area contributed by atoms with Gasteiger partial charge < -0.3 is 14.8 Å². The van der Waals surface area contributed by atoms with Gasteiger partial charge in [-0.3, -0.25) is 9.59 Å². The summed E-state index contributed by atoms with van der Waals surface area (Å²) in [6.07, 6.45) is 4.78. The van der Waals surface area contributed by atoms with E-state index in [0.717, 1.165) is 55.6 Å². The minimum absolute atomic E-state index is 0.0919. The van der Waals surface area contributed by atoms with Gasteiger partial charge in [-0.15, -0.1) is 0 Å². The summed E-state index contributed by atoms with van der Waals surface area (Å²) in [5.41, 5.74) is 3.22. The SMILES string of the molecule is CCCCN(C)C(=O)c1nc(C(=O)Nc2ccccc2C(C)C)n2c1CCCC2. The van der Waals surface area contributed by atoms with Crippen LogP contribution in [-0.4, -0.2) is 39.9 Å². The van der Waals surface area contributed by atoms with Crippen LogP contribution in [0.15, 0.2) is 24.3 Å². The summed E-state index contributed by atoms with van der Waals surface area (Å²) in [5.74, 6) is 0.290. The smallest absolute Gasteiger partial charge is 0.291 e. The molecule has 1 aromatic heterocycles. The Balaban J connectivity index is 1.91. The Morgan fingerprint density at radius 2 is 2.00 bits per heavy atom. The van der Waals surface area contributed by atoms with Crippen molar-refractivity contribution in [1.29, 1.82) is 0 Å². The number of anilines is 1. The Kier molecular flexibility index (Phi) is 6.72. The molecule has 0 spiro atoms. The number of unbranched alkanes of at least 4 members (excludes halogenated alkanes) is 1. The number of benzene rings is 1. The summed E-state index contributed by atoms with van der Waals surface area (Å²) in [4.78, 5) is 32.4. The number of hydrogen-bond donors (Lipinski definition) is 1. The first-order chi connectivity index (χ1) is 13.9. The van der Waals surface area contributed by atoms with Gasteiger partial charge in [-0.25, -0.2) is 4.98 Å². The fraction of sp³-hybridized carbons (Fsp3) is 0.522. The molecule has 156 valence electrons. The number of carbonyl (C=O) groups excluding carboxylic acids is 2. The number of imidazole rings is 1. The summed E-state index contributed by atoms with van der Waals surface area (Å²) < 4.78 is 1.94. The van der Waals surface area contributed by atoms with Crippen molar-refractivity contribution in [2.75, 3.05) is 18.9 Å². The molecule has 1 N–H and O–H groups in total. The van der Waals surface area contributed by atoms with E-state index in [0.29, 0.717) is 24.0 Å². The van der Waals surface area contributed by atoms with Crippen LogP contribution in [0.3, 0.4) is 0 Å². The van der Waals surface area contributed by atoms with Crippen molar-refractivity contribution in [2.45, 2.75) is 65.3 Å². The Morgan fingerprint density at radius 3 is 2.72 bits per heavy atom. The highest BCUT2D eigenvalue weighted by Crippen LogP contribution is 2.26. The first-order valence-corrected chi connectivity index (χ1v) is 10.7. The van der Waals surface area contributed by atoms with Crippen molar-refractivity contribution in [3.05, 3.63) is 47.0 Å². The van der Waals surface area contributed by atoms with E-state index in [2.05, 4.69) is 31.1 Å². The Hall–Kier alpha value is -2.63. The lowest BCUT2D eigenvalue weighted by molar-refractivity contribution is 0.0786. The fourth-order valence-corrected chi connectivity index (χ4v) is 3.86. The highest BCUT2D eigenvalue weighted by molar-refractivity contribution is 6.04. The number of para-hydroxylation sites is 1. The molecule has 6 nitrogen and oxygen atoms in total. The first-order valence-electron chi connectivity index (χ1n) is 10.7. The first kappa shape index (κ1) is 21.1. The van der Waals surface area contributed by atoms with Crippen molar-refractivity contribution in [3.63, 3.8) is 0 Å². The van der Waals surface area contributed by atoms with Gasteiger partial charge in [-0.1, -0.05) is 45.4 Å². The van der Waals surface area contributed by atoms with Gasteiger partial charge in [-0.2, -0.15) is 0 Å². The normalized spacial score (nSPS) is 13.3. The van der Waals surface area contributed by atoms with E-state index in [-0.39, 0.29) is 11.8 Å². The molecule has 0 radical (unpaired) electrons. The average molecular weight is 397 g/mol. The lowest BCUT2D eigenvalue weighted by Gasteiger charge is -2.19. The molecule has 0 saturated heterocycles. The Morgan fingerprint density at radius 1 is 1.24 bits per heavy atom. The molecule has 0 bridgehead atoms. The maximum atomic E-state index is 13.1. The lowest BCUT2D eigenvalue weighted by atomic mass is 10.0. The maximum absolute atomic E-state index is 13.1. The van der Waals surface area contributed by atoms with Gasteiger partial charge in [0.2, 0.25) is 0 Å². The maximum Gasteiger partial charge on any atom is 0.291 e. The quantitative estimate of drug-likeness (QED) is 0.751. The van der Waals surface area contributed by atoms with E-state index in [4.69, 9.17) is 0 Å². The molecule has 2 heterocycles. The van der Waals surface area contributed by atoms with Crippen LogP contribution in [0.1, 0.15) is 84.7 Å². The standard InChI is InChI=1S/C23H32N4O2/c1-5-6-14-26(4)23(29)20-19-13-9-10-15-27(19)21(25-20)22(28)24-18-12-8-7-11-17(18)16(2)3/h7-8,11-12,16H,5-6,9-10,13-15H2,1-4H3,(H,24,28). The number of fused-ring (bicyclic) bond motifs is 1. The number of rotatable bonds is 7. The van der Waals surface area contributed by atoms with Crippen molar-refractivity contribution in [1.82, 2.24) is 14.5 Å². The van der Waals surface area contributed by atoms with Gasteiger partial charge in [0.25, 0.3) is 11.8 Å². The third kappa shape index (κ3) is 4.52. The van der Waals surface area contributed by atoms with Crippen LogP contribution in [0.5, 0.6) is 0 Å². The monoisotopic (exact) mass is 396 g/mol. The Bertz CT molecular complexity index is 885. The molecule has 0 unspecified atom stereocenters. The minimum Gasteiger partial charge on any atom is -0.340 e. The van der Waals surface area contributed by atoms with E-state index in [1.165, 1.54) is 0 Å². The van der Waals surface area contributed by atoms with Gasteiger partial charge in [-0.05, 0) is 43.2 Å². The van der Waals surface area contributed by atoms with Crippen LogP contribution in [-0.2, 0) is 13.0 Å². The van der Waals surface area contributed by atoms with Crippen LogP contribution in [0.2, 0.25) is 0 Å². The largest absolute Gasteiger partial charge is 0.340 e. The second-order valence-electron chi connectivity index (χ2n) is 8.12. The number of hydrogen-bond acceptors (Lipinski definition) is 3. The molecule has 0 saturated carbocycles. The van der Waals surface area contributed by atoms with Crippen LogP contribution in [0, 0.1) is 0 Å². The highest BCUT2D eigenvalue weighted by atomic mass is 16.2. The van der Waals surface area contributed by atoms with E-state index in [9.17, 15) is 9.59 Å². The van der Waals surface area contributed by atoms with Crippen LogP contribution in [0.25, 0.3) is 0 Å². The van der Waals surface area contributed by atoms with Crippen molar-refractivity contribution < 1.29 is 9.59 Å². The van der Waals surface area contributed by atoms with Gasteiger partial charge in [0.15, 0.2) is 5.82 Å². The second kappa shape index (κ2) is 9.25. The number of amides is 2. The zero-order chi connectivity index (χ0) is 21.0. The molecule has 3 rings (SSSR count). The molecular formula is C23H32N4O2. The predicted octanol–water partition coefficient (Wildman–Crippen LogP) is 4.47. The number of aromatic nitrogens is 2. The second-order valence-corrected chi connectivity index (χ2v) is 8.12. The summed E-state index contributed by atoms with van der Waals surface area (Å²) in [5, 5.41) is 3.03. The predicted molar refractivity (Wildman–Crippen MR) is 116 cm³/mol. The summed E-state index contributed by atoms with van der Waals surface area (Å²) >= 11 is 0. The van der Waals surface area contributed by atoms with Crippen molar-refractivity contribution in [2.24, 2.45) is 0 Å². The minimum atomic E-state index is -0.253. The molecule has 1 aliphatic heterocycles. The third-order valence-electron chi connectivity index (χ3n) is 5.55. The van der Waals surface area contributed by atoms with Crippen LogP contribution < -0.4 is 5.32 Å². The highest BCUT2D eigenvalue weighted by Gasteiger charge is 2.29. The number of nitrogens with one attached hydrogen (secondary N) is 1. The van der Waals surface area contributed by atoms with E-state index < -0.39 is 0 Å². The fourth-order valence-electron chi connectivity index (χ4n) is 3.86. The van der Waals surface area contributed by atoms with Crippen molar-refractivity contribution in [3.8, 4) is 0 Å². The summed E-state index contributed by atoms with van der Waals surface area (Å²) in [6, 6.07) is 7.84. The molecule has 0 fully saturated rings. The number of nitrogens with zero attached hydrogens (tertiary/aromatic N) is 3. The summed E-state index contributed by atoms with van der Waals surface area (Å²) in [7, 11) is 1.81. The molecule has 29 heavy (non-hydrogen) atoms. The zero-order valence-corrected chi connectivity index (χ0v) is 18.0. The molecule has 6 heteroatoms. The van der Waals surface area contributed by atoms with Crippen molar-refractivity contribution >= 4 is 17.5 Å². The molecule has 2 aromatic rings. The molecule has 1 aromatic carbocycles. The van der Waals surface area contributed by atoms with Crippen LogP contribution >= 0.6 is 0 Å². The topological polar surface area (TPSA) is 67.2 Å². The van der Waals surface area contributed by atoms with E-state index in [1.807, 2.05) is 35.9 Å². The Labute approximate surface area is 173 Å². The zero-order valence-electron chi connectivity index (χ0n) is 18.0. The molecule has 0 aliphatic carbocycles. The van der Waals surface area contributed by atoms with Crippen LogP contribution in [0.4, 0.5) is 5.69 Å². The van der Waals surface area contributed by atoms with Gasteiger partial charge in [0.05, 0.1) is 5.69 Å². The summed E-state index contributed by atoms with van der Waals surface area (Å²) in [6.45, 7) is 7.73. The molecule has 1 aliphatic rings. The molecule has 2 amide bonds.